The van der Waals surface area contributed by atoms with Gasteiger partial charge in [-0.3, -0.25) is 14.4 Å². The summed E-state index contributed by atoms with van der Waals surface area (Å²) in [7, 11) is 0. The van der Waals surface area contributed by atoms with Gasteiger partial charge in [0.2, 0.25) is 11.8 Å². The van der Waals surface area contributed by atoms with Crippen molar-refractivity contribution in [3.8, 4) is 10.4 Å². The number of nitrogens with zero attached hydrogens (tertiary/aromatic N) is 3. The highest BCUT2D eigenvalue weighted by atomic mass is 32.1. The van der Waals surface area contributed by atoms with Crippen LogP contribution in [0.15, 0.2) is 48.0 Å². The summed E-state index contributed by atoms with van der Waals surface area (Å²) in [6, 6.07) is 12.5. The average molecular weight is 545 g/mol. The molecule has 2 unspecified atom stereocenters. The first-order valence-electron chi connectivity index (χ1n) is 13.7. The van der Waals surface area contributed by atoms with Gasteiger partial charge < -0.3 is 15.1 Å². The zero-order valence-electron chi connectivity index (χ0n) is 23.2. The van der Waals surface area contributed by atoms with Crippen molar-refractivity contribution in [2.45, 2.75) is 72.1 Å². The van der Waals surface area contributed by atoms with E-state index in [4.69, 9.17) is 0 Å². The van der Waals surface area contributed by atoms with Crippen LogP contribution in [0.5, 0.6) is 0 Å². The molecule has 204 valence electrons. The van der Waals surface area contributed by atoms with E-state index >= 15 is 0 Å². The summed E-state index contributed by atoms with van der Waals surface area (Å²) in [4.78, 5) is 49.5. The fourth-order valence-corrected chi connectivity index (χ4v) is 6.82. The molecule has 39 heavy (non-hydrogen) atoms. The van der Waals surface area contributed by atoms with E-state index in [9.17, 15) is 14.4 Å². The zero-order chi connectivity index (χ0) is 27.8. The molecular weight excluding hydrogens is 508 g/mol. The Balaban J connectivity index is 1.30. The van der Waals surface area contributed by atoms with Crippen molar-refractivity contribution in [2.24, 2.45) is 5.92 Å². The van der Waals surface area contributed by atoms with Gasteiger partial charge in [0.15, 0.2) is 0 Å². The first-order chi connectivity index (χ1) is 18.7. The topological polar surface area (TPSA) is 82.6 Å². The number of nitrogens with one attached hydrogen (secondary N) is 1. The molecule has 8 heteroatoms. The van der Waals surface area contributed by atoms with Crippen LogP contribution in [0.1, 0.15) is 72.4 Å². The number of benzene rings is 2. The van der Waals surface area contributed by atoms with Crippen LogP contribution in [-0.2, 0) is 16.1 Å². The van der Waals surface area contributed by atoms with Crippen LogP contribution >= 0.6 is 11.3 Å². The number of fused-ring (bicyclic) bond motifs is 1. The van der Waals surface area contributed by atoms with E-state index in [2.05, 4.69) is 35.4 Å². The van der Waals surface area contributed by atoms with E-state index in [-0.39, 0.29) is 29.7 Å². The third-order valence-electron chi connectivity index (χ3n) is 8.01. The molecule has 1 fully saturated rings. The monoisotopic (exact) mass is 544 g/mol. The maximum Gasteiger partial charge on any atom is 0.255 e. The molecule has 3 amide bonds. The van der Waals surface area contributed by atoms with Crippen LogP contribution in [0.2, 0.25) is 0 Å². The van der Waals surface area contributed by atoms with Gasteiger partial charge in [0.25, 0.3) is 5.91 Å². The third kappa shape index (κ3) is 5.10. The smallest absolute Gasteiger partial charge is 0.255 e. The summed E-state index contributed by atoms with van der Waals surface area (Å²) in [5, 5.41) is 3.17. The van der Waals surface area contributed by atoms with Crippen LogP contribution in [0.3, 0.4) is 0 Å². The van der Waals surface area contributed by atoms with Crippen molar-refractivity contribution in [1.29, 1.82) is 0 Å². The Labute approximate surface area is 234 Å². The standard InChI is InChI=1S/C31H36N4O3S/c1-18(2)27(35-16-23-9-6-7-10-25(23)30(35)37)31(38)34-14-8-11-26(34)29(36)33-20(4)24-13-12-22(15-19(24)3)28-21(5)32-17-39-28/h6-7,9-10,12-13,15,17-18,20,26-27H,8,11,14,16H2,1-5H3,(H,33,36)/t20-,26?,27?/m0/s1. The summed E-state index contributed by atoms with van der Waals surface area (Å²) in [6.45, 7) is 10.9. The molecule has 5 rings (SSSR count). The Hall–Kier alpha value is -3.52. The SMILES string of the molecule is Cc1cc(-c2scnc2C)ccc1[C@H](C)NC(=O)C1CCCN1C(=O)C(C(C)C)N1Cc2ccccc2C1=O. The number of aromatic nitrogens is 1. The number of thiazole rings is 1. The fourth-order valence-electron chi connectivity index (χ4n) is 6.02. The molecule has 2 aliphatic heterocycles. The molecule has 1 aromatic heterocycles. The lowest BCUT2D eigenvalue weighted by Crippen LogP contribution is -2.55. The molecule has 0 saturated carbocycles. The molecule has 2 aromatic carbocycles. The molecule has 0 spiro atoms. The Morgan fingerprint density at radius 3 is 2.54 bits per heavy atom. The molecule has 0 aliphatic carbocycles. The molecule has 2 aliphatic rings. The van der Waals surface area contributed by atoms with Crippen molar-refractivity contribution in [3.63, 3.8) is 0 Å². The lowest BCUT2D eigenvalue weighted by molar-refractivity contribution is -0.143. The van der Waals surface area contributed by atoms with Gasteiger partial charge in [-0.1, -0.05) is 50.2 Å². The van der Waals surface area contributed by atoms with E-state index in [0.29, 0.717) is 25.1 Å². The second kappa shape index (κ2) is 10.9. The normalized spacial score (nSPS) is 18.4. The summed E-state index contributed by atoms with van der Waals surface area (Å²) < 4.78 is 0. The number of carbonyl (C=O) groups excluding carboxylic acids is 3. The Bertz CT molecular complexity index is 1410. The quantitative estimate of drug-likeness (QED) is 0.439. The third-order valence-corrected chi connectivity index (χ3v) is 8.99. The van der Waals surface area contributed by atoms with Gasteiger partial charge in [0.1, 0.15) is 12.1 Å². The molecule has 0 radical (unpaired) electrons. The number of carbonyl (C=O) groups is 3. The highest BCUT2D eigenvalue weighted by Crippen LogP contribution is 2.32. The lowest BCUT2D eigenvalue weighted by Gasteiger charge is -2.35. The molecule has 1 N–H and O–H groups in total. The minimum atomic E-state index is -0.610. The number of likely N-dealkylation sites (tertiary alicyclic amines) is 1. The maximum absolute atomic E-state index is 13.9. The van der Waals surface area contributed by atoms with Crippen LogP contribution < -0.4 is 5.32 Å². The fraction of sp³-hybridized carbons (Fsp3) is 0.419. The molecule has 3 aromatic rings. The van der Waals surface area contributed by atoms with E-state index in [1.165, 1.54) is 0 Å². The van der Waals surface area contributed by atoms with Crippen LogP contribution in [0.25, 0.3) is 10.4 Å². The second-order valence-corrected chi connectivity index (χ2v) is 11.9. The first kappa shape index (κ1) is 27.1. The Kier molecular flexibility index (Phi) is 7.58. The van der Waals surface area contributed by atoms with Gasteiger partial charge in [0, 0.05) is 18.7 Å². The van der Waals surface area contributed by atoms with Crippen molar-refractivity contribution >= 4 is 29.1 Å². The first-order valence-corrected chi connectivity index (χ1v) is 14.6. The molecule has 0 bridgehead atoms. The van der Waals surface area contributed by atoms with Gasteiger partial charge in [-0.05, 0) is 67.9 Å². The van der Waals surface area contributed by atoms with Gasteiger partial charge in [0.05, 0.1) is 22.1 Å². The lowest BCUT2D eigenvalue weighted by atomic mass is 9.98. The molecule has 7 nitrogen and oxygen atoms in total. The van der Waals surface area contributed by atoms with Crippen molar-refractivity contribution in [1.82, 2.24) is 20.1 Å². The second-order valence-electron chi connectivity index (χ2n) is 11.0. The van der Waals surface area contributed by atoms with Gasteiger partial charge in [-0.15, -0.1) is 11.3 Å². The predicted molar refractivity (Wildman–Crippen MR) is 153 cm³/mol. The van der Waals surface area contributed by atoms with Gasteiger partial charge in [-0.25, -0.2) is 4.98 Å². The summed E-state index contributed by atoms with van der Waals surface area (Å²) in [5.41, 5.74) is 7.74. The summed E-state index contributed by atoms with van der Waals surface area (Å²) in [6.07, 6.45) is 1.38. The summed E-state index contributed by atoms with van der Waals surface area (Å²) in [5.74, 6) is -0.480. The van der Waals surface area contributed by atoms with Crippen molar-refractivity contribution in [2.75, 3.05) is 6.54 Å². The number of amides is 3. The van der Waals surface area contributed by atoms with Crippen molar-refractivity contribution in [3.05, 3.63) is 75.9 Å². The largest absolute Gasteiger partial charge is 0.348 e. The maximum atomic E-state index is 13.9. The van der Waals surface area contributed by atoms with Gasteiger partial charge >= 0.3 is 0 Å². The van der Waals surface area contributed by atoms with E-state index < -0.39 is 12.1 Å². The number of rotatable bonds is 7. The van der Waals surface area contributed by atoms with E-state index in [0.717, 1.165) is 39.2 Å². The molecule has 1 saturated heterocycles. The Morgan fingerprint density at radius 2 is 1.87 bits per heavy atom. The number of hydrogen-bond donors (Lipinski definition) is 1. The summed E-state index contributed by atoms with van der Waals surface area (Å²) >= 11 is 1.62. The van der Waals surface area contributed by atoms with Crippen LogP contribution in [0, 0.1) is 19.8 Å². The zero-order valence-corrected chi connectivity index (χ0v) is 24.0. The number of hydrogen-bond acceptors (Lipinski definition) is 5. The van der Waals surface area contributed by atoms with Gasteiger partial charge in [-0.2, -0.15) is 0 Å². The van der Waals surface area contributed by atoms with E-state index in [1.54, 1.807) is 21.1 Å². The minimum Gasteiger partial charge on any atom is -0.348 e. The highest BCUT2D eigenvalue weighted by Gasteiger charge is 2.43. The highest BCUT2D eigenvalue weighted by molar-refractivity contribution is 7.13. The number of aryl methyl sites for hydroxylation is 2. The van der Waals surface area contributed by atoms with E-state index in [1.807, 2.05) is 57.5 Å². The predicted octanol–water partition coefficient (Wildman–Crippen LogP) is 5.28. The van der Waals surface area contributed by atoms with Crippen LogP contribution in [0.4, 0.5) is 0 Å². The molecular formula is C31H36N4O3S. The van der Waals surface area contributed by atoms with Crippen molar-refractivity contribution < 1.29 is 14.4 Å². The minimum absolute atomic E-state index is 0.0812. The molecule has 3 atom stereocenters. The average Bonchev–Trinajstić information content (AvgIpc) is 3.63. The van der Waals surface area contributed by atoms with Crippen LogP contribution in [-0.4, -0.2) is 51.1 Å². The Morgan fingerprint density at radius 1 is 1.10 bits per heavy atom. The molecule has 3 heterocycles.